The molecule has 0 radical (unpaired) electrons. The Labute approximate surface area is 140 Å². The van der Waals surface area contributed by atoms with E-state index in [4.69, 9.17) is 0 Å². The third-order valence-corrected chi connectivity index (χ3v) is 4.22. The van der Waals surface area contributed by atoms with Crippen LogP contribution in [0, 0.1) is 5.82 Å². The molecule has 2 rings (SSSR count). The minimum Gasteiger partial charge on any atom is -0.305 e. The maximum absolute atomic E-state index is 13.3. The van der Waals surface area contributed by atoms with Crippen LogP contribution in [0.1, 0.15) is 55.2 Å². The van der Waals surface area contributed by atoms with Gasteiger partial charge in [0.15, 0.2) is 0 Å². The molecule has 0 spiro atoms. The average Bonchev–Trinajstić information content (AvgIpc) is 2.52. The number of benzene rings is 2. The van der Waals surface area contributed by atoms with Gasteiger partial charge in [-0.25, -0.2) is 4.39 Å². The number of hydrogen-bond acceptors (Lipinski definition) is 1. The first-order valence-corrected chi connectivity index (χ1v) is 8.59. The highest BCUT2D eigenvalue weighted by molar-refractivity contribution is 5.35. The number of rotatable bonds is 8. The van der Waals surface area contributed by atoms with Crippen molar-refractivity contribution >= 4 is 0 Å². The second-order valence-corrected chi connectivity index (χ2v) is 6.58. The van der Waals surface area contributed by atoms with Crippen LogP contribution in [-0.4, -0.2) is 19.0 Å². The maximum atomic E-state index is 13.3. The standard InChI is InChI=1S/C21H28FN/c1-4-5-6-10-21(18-11-13-20(22)14-12-18)19-9-7-8-17(15-19)16-23(2)3/h7-9,11-15,21H,4-6,10,16H2,1-3H3. The minimum absolute atomic E-state index is 0.164. The predicted molar refractivity (Wildman–Crippen MR) is 96.2 cm³/mol. The van der Waals surface area contributed by atoms with Gasteiger partial charge in [0.25, 0.3) is 0 Å². The zero-order valence-corrected chi connectivity index (χ0v) is 14.6. The van der Waals surface area contributed by atoms with E-state index in [2.05, 4.69) is 50.2 Å². The molecule has 0 saturated carbocycles. The highest BCUT2D eigenvalue weighted by atomic mass is 19.1. The Hall–Kier alpha value is -1.67. The van der Waals surface area contributed by atoms with Gasteiger partial charge in [-0.1, -0.05) is 62.6 Å². The van der Waals surface area contributed by atoms with E-state index in [1.165, 1.54) is 36.0 Å². The molecule has 23 heavy (non-hydrogen) atoms. The van der Waals surface area contributed by atoms with Crippen LogP contribution in [0.4, 0.5) is 4.39 Å². The first kappa shape index (κ1) is 17.7. The molecule has 0 N–H and O–H groups in total. The minimum atomic E-state index is -0.164. The second kappa shape index (κ2) is 8.83. The molecule has 0 saturated heterocycles. The number of unbranched alkanes of at least 4 members (excludes halogenated alkanes) is 2. The zero-order chi connectivity index (χ0) is 16.7. The van der Waals surface area contributed by atoms with Crippen molar-refractivity contribution in [2.75, 3.05) is 14.1 Å². The lowest BCUT2D eigenvalue weighted by Crippen LogP contribution is -2.11. The monoisotopic (exact) mass is 313 g/mol. The van der Waals surface area contributed by atoms with E-state index in [0.717, 1.165) is 13.0 Å². The molecule has 124 valence electrons. The fraction of sp³-hybridized carbons (Fsp3) is 0.429. The van der Waals surface area contributed by atoms with Crippen molar-refractivity contribution in [2.45, 2.75) is 45.1 Å². The summed E-state index contributed by atoms with van der Waals surface area (Å²) in [7, 11) is 4.18. The van der Waals surface area contributed by atoms with E-state index in [0.29, 0.717) is 5.92 Å². The molecule has 0 bridgehead atoms. The van der Waals surface area contributed by atoms with E-state index in [1.54, 1.807) is 12.1 Å². The summed E-state index contributed by atoms with van der Waals surface area (Å²) in [6, 6.07) is 15.9. The Bertz CT molecular complexity index is 589. The Balaban J connectivity index is 2.27. The molecule has 1 atom stereocenters. The van der Waals surface area contributed by atoms with Gasteiger partial charge in [0.1, 0.15) is 5.82 Å². The van der Waals surface area contributed by atoms with Crippen LogP contribution in [0.25, 0.3) is 0 Å². The van der Waals surface area contributed by atoms with E-state index in [-0.39, 0.29) is 5.82 Å². The van der Waals surface area contributed by atoms with E-state index in [9.17, 15) is 4.39 Å². The van der Waals surface area contributed by atoms with Gasteiger partial charge >= 0.3 is 0 Å². The summed E-state index contributed by atoms with van der Waals surface area (Å²) in [4.78, 5) is 2.18. The molecule has 0 heterocycles. The van der Waals surface area contributed by atoms with Gasteiger partial charge in [-0.05, 0) is 49.3 Å². The number of hydrogen-bond donors (Lipinski definition) is 0. The van der Waals surface area contributed by atoms with Crippen molar-refractivity contribution in [1.82, 2.24) is 4.90 Å². The highest BCUT2D eigenvalue weighted by Crippen LogP contribution is 2.31. The lowest BCUT2D eigenvalue weighted by molar-refractivity contribution is 0.402. The van der Waals surface area contributed by atoms with Crippen molar-refractivity contribution in [3.63, 3.8) is 0 Å². The Kier molecular flexibility index (Phi) is 6.79. The summed E-state index contributed by atoms with van der Waals surface area (Å²) in [6.45, 7) is 3.17. The number of halogens is 1. The third-order valence-electron chi connectivity index (χ3n) is 4.22. The van der Waals surface area contributed by atoms with Gasteiger partial charge in [-0.15, -0.1) is 0 Å². The van der Waals surface area contributed by atoms with Gasteiger partial charge in [-0.3, -0.25) is 0 Å². The van der Waals surface area contributed by atoms with Crippen LogP contribution in [-0.2, 0) is 6.54 Å². The van der Waals surface area contributed by atoms with Crippen LogP contribution in [0.15, 0.2) is 48.5 Å². The van der Waals surface area contributed by atoms with Gasteiger partial charge in [0, 0.05) is 12.5 Å². The summed E-state index contributed by atoms with van der Waals surface area (Å²) >= 11 is 0. The summed E-state index contributed by atoms with van der Waals surface area (Å²) in [6.07, 6.45) is 4.78. The quantitative estimate of drug-likeness (QED) is 0.573. The molecule has 2 aromatic rings. The smallest absolute Gasteiger partial charge is 0.123 e. The summed E-state index contributed by atoms with van der Waals surface area (Å²) in [5.74, 6) is 0.187. The van der Waals surface area contributed by atoms with Crippen molar-refractivity contribution in [3.05, 3.63) is 71.0 Å². The molecule has 0 aliphatic heterocycles. The highest BCUT2D eigenvalue weighted by Gasteiger charge is 2.14. The normalized spacial score (nSPS) is 12.6. The van der Waals surface area contributed by atoms with Crippen molar-refractivity contribution in [1.29, 1.82) is 0 Å². The van der Waals surface area contributed by atoms with Gasteiger partial charge < -0.3 is 4.90 Å². The summed E-state index contributed by atoms with van der Waals surface area (Å²) in [5.41, 5.74) is 3.88. The average molecular weight is 313 g/mol. The molecular formula is C21H28FN. The van der Waals surface area contributed by atoms with E-state index >= 15 is 0 Å². The molecule has 2 heteroatoms. The largest absolute Gasteiger partial charge is 0.305 e. The fourth-order valence-electron chi connectivity index (χ4n) is 3.09. The molecule has 0 aliphatic carbocycles. The van der Waals surface area contributed by atoms with Crippen LogP contribution in [0.2, 0.25) is 0 Å². The zero-order valence-electron chi connectivity index (χ0n) is 14.6. The van der Waals surface area contributed by atoms with Crippen LogP contribution < -0.4 is 0 Å². The summed E-state index contributed by atoms with van der Waals surface area (Å²) < 4.78 is 13.3. The Morgan fingerprint density at radius 3 is 2.35 bits per heavy atom. The van der Waals surface area contributed by atoms with Crippen LogP contribution in [0.3, 0.4) is 0 Å². The lowest BCUT2D eigenvalue weighted by Gasteiger charge is -2.20. The van der Waals surface area contributed by atoms with Crippen molar-refractivity contribution in [3.8, 4) is 0 Å². The molecule has 1 nitrogen and oxygen atoms in total. The van der Waals surface area contributed by atoms with Crippen LogP contribution >= 0.6 is 0 Å². The number of nitrogens with zero attached hydrogens (tertiary/aromatic N) is 1. The SMILES string of the molecule is CCCCCC(c1ccc(F)cc1)c1cccc(CN(C)C)c1. The molecule has 2 aromatic carbocycles. The third kappa shape index (κ3) is 5.47. The topological polar surface area (TPSA) is 3.24 Å². The molecule has 0 aromatic heterocycles. The van der Waals surface area contributed by atoms with E-state index < -0.39 is 0 Å². The second-order valence-electron chi connectivity index (χ2n) is 6.58. The Morgan fingerprint density at radius 1 is 0.957 bits per heavy atom. The lowest BCUT2D eigenvalue weighted by atomic mass is 9.86. The molecule has 0 amide bonds. The molecule has 1 unspecified atom stereocenters. The predicted octanol–water partition coefficient (Wildman–Crippen LogP) is 5.60. The molecular weight excluding hydrogens is 285 g/mol. The fourth-order valence-corrected chi connectivity index (χ4v) is 3.09. The molecule has 0 aliphatic rings. The molecule has 0 fully saturated rings. The van der Waals surface area contributed by atoms with E-state index in [1.807, 2.05) is 12.1 Å². The Morgan fingerprint density at radius 2 is 1.70 bits per heavy atom. The van der Waals surface area contributed by atoms with Crippen molar-refractivity contribution < 1.29 is 4.39 Å². The van der Waals surface area contributed by atoms with Gasteiger partial charge in [0.2, 0.25) is 0 Å². The first-order valence-electron chi connectivity index (χ1n) is 8.59. The summed E-state index contributed by atoms with van der Waals surface area (Å²) in [5, 5.41) is 0. The van der Waals surface area contributed by atoms with Crippen molar-refractivity contribution in [2.24, 2.45) is 0 Å². The van der Waals surface area contributed by atoms with Crippen LogP contribution in [0.5, 0.6) is 0 Å². The van der Waals surface area contributed by atoms with Gasteiger partial charge in [-0.2, -0.15) is 0 Å². The first-order chi connectivity index (χ1) is 11.1. The maximum Gasteiger partial charge on any atom is 0.123 e. The van der Waals surface area contributed by atoms with Gasteiger partial charge in [0.05, 0.1) is 0 Å².